The molecule has 0 radical (unpaired) electrons. The maximum absolute atomic E-state index is 6.05. The van der Waals surface area contributed by atoms with Crippen LogP contribution < -0.4 is 0 Å². The third-order valence-electron chi connectivity index (χ3n) is 3.58. The highest BCUT2D eigenvalue weighted by molar-refractivity contribution is 6.31. The van der Waals surface area contributed by atoms with Gasteiger partial charge in [0.1, 0.15) is 17.1 Å². The number of nitrogens with zero attached hydrogens (tertiary/aromatic N) is 4. The summed E-state index contributed by atoms with van der Waals surface area (Å²) in [6.45, 7) is 5.88. The summed E-state index contributed by atoms with van der Waals surface area (Å²) >= 11 is 12.0. The zero-order chi connectivity index (χ0) is 15.1. The number of hydrogen-bond donors (Lipinski definition) is 0. The van der Waals surface area contributed by atoms with Crippen molar-refractivity contribution in [3.63, 3.8) is 0 Å². The summed E-state index contributed by atoms with van der Waals surface area (Å²) in [5, 5.41) is 4.57. The number of fused-ring (bicyclic) bond motifs is 1. The van der Waals surface area contributed by atoms with Gasteiger partial charge in [0.25, 0.3) is 0 Å². The van der Waals surface area contributed by atoms with Gasteiger partial charge in [-0.15, -0.1) is 11.6 Å². The molecule has 3 rings (SSSR count). The summed E-state index contributed by atoms with van der Waals surface area (Å²) < 4.78 is 7.27. The minimum Gasteiger partial charge on any atom is -0.361 e. The number of rotatable bonds is 3. The van der Waals surface area contributed by atoms with Crippen LogP contribution in [0, 0.1) is 13.8 Å². The molecule has 0 aliphatic rings. The smallest absolute Gasteiger partial charge is 0.160 e. The predicted molar refractivity (Wildman–Crippen MR) is 81.9 cm³/mol. The van der Waals surface area contributed by atoms with Crippen LogP contribution in [-0.4, -0.2) is 19.7 Å². The first-order valence-electron chi connectivity index (χ1n) is 6.54. The molecule has 0 aromatic carbocycles. The fraction of sp³-hybridized carbons (Fsp3) is 0.357. The van der Waals surface area contributed by atoms with Gasteiger partial charge < -0.3 is 9.09 Å². The van der Waals surface area contributed by atoms with E-state index >= 15 is 0 Å². The number of pyridine rings is 1. The molecular formula is C14H14Cl2N4O. The first-order valence-corrected chi connectivity index (χ1v) is 7.45. The summed E-state index contributed by atoms with van der Waals surface area (Å²) in [4.78, 5) is 8.91. The van der Waals surface area contributed by atoms with Gasteiger partial charge >= 0.3 is 0 Å². The fourth-order valence-electron chi connectivity index (χ4n) is 2.72. The molecule has 21 heavy (non-hydrogen) atoms. The molecule has 0 saturated carbocycles. The molecule has 7 heteroatoms. The molecule has 0 bridgehead atoms. The van der Waals surface area contributed by atoms with E-state index in [4.69, 9.17) is 27.7 Å². The maximum Gasteiger partial charge on any atom is 0.160 e. The Morgan fingerprint density at radius 2 is 2.14 bits per heavy atom. The second kappa shape index (κ2) is 5.31. The van der Waals surface area contributed by atoms with E-state index in [0.29, 0.717) is 10.9 Å². The van der Waals surface area contributed by atoms with E-state index in [-0.39, 0.29) is 6.04 Å². The van der Waals surface area contributed by atoms with Gasteiger partial charge in [0.2, 0.25) is 0 Å². The van der Waals surface area contributed by atoms with Crippen molar-refractivity contribution in [2.45, 2.75) is 32.7 Å². The van der Waals surface area contributed by atoms with Crippen LogP contribution in [0.1, 0.15) is 35.8 Å². The van der Waals surface area contributed by atoms with Crippen molar-refractivity contribution in [2.75, 3.05) is 0 Å². The Morgan fingerprint density at radius 3 is 2.76 bits per heavy atom. The van der Waals surface area contributed by atoms with E-state index in [2.05, 4.69) is 22.0 Å². The van der Waals surface area contributed by atoms with Crippen LogP contribution in [-0.2, 0) is 5.88 Å². The third-order valence-corrected chi connectivity index (χ3v) is 4.03. The Hall–Kier alpha value is -1.59. The molecule has 1 atom stereocenters. The lowest BCUT2D eigenvalue weighted by atomic mass is 10.1. The van der Waals surface area contributed by atoms with E-state index in [1.807, 2.05) is 18.4 Å². The topological polar surface area (TPSA) is 56.7 Å². The van der Waals surface area contributed by atoms with Crippen LogP contribution in [0.25, 0.3) is 11.2 Å². The minimum atomic E-state index is -0.0244. The van der Waals surface area contributed by atoms with E-state index in [1.54, 1.807) is 12.3 Å². The minimum absolute atomic E-state index is 0.0244. The van der Waals surface area contributed by atoms with Crippen molar-refractivity contribution in [1.82, 2.24) is 19.7 Å². The predicted octanol–water partition coefficient (Wildman–Crippen LogP) is 4.04. The molecule has 0 spiro atoms. The SMILES string of the molecule is Cc1noc(C)c1C(C)n1c(CCl)nc2cc(Cl)cnc21. The number of alkyl halides is 1. The highest BCUT2D eigenvalue weighted by Gasteiger charge is 2.23. The molecule has 3 aromatic rings. The van der Waals surface area contributed by atoms with Gasteiger partial charge in [0, 0.05) is 11.8 Å². The largest absolute Gasteiger partial charge is 0.361 e. The molecule has 3 heterocycles. The molecule has 5 nitrogen and oxygen atoms in total. The monoisotopic (exact) mass is 324 g/mol. The van der Waals surface area contributed by atoms with Crippen LogP contribution in [0.15, 0.2) is 16.8 Å². The molecule has 3 aromatic heterocycles. The summed E-state index contributed by atoms with van der Waals surface area (Å²) in [5.74, 6) is 1.83. The normalized spacial score (nSPS) is 13.0. The van der Waals surface area contributed by atoms with Crippen LogP contribution in [0.2, 0.25) is 5.02 Å². The Labute approximate surface area is 131 Å². The third kappa shape index (κ3) is 2.30. The quantitative estimate of drug-likeness (QED) is 0.682. The number of halogens is 2. The Bertz CT molecular complexity index is 789. The average Bonchev–Trinajstić information content (AvgIpc) is 2.98. The zero-order valence-corrected chi connectivity index (χ0v) is 13.4. The highest BCUT2D eigenvalue weighted by atomic mass is 35.5. The second-order valence-electron chi connectivity index (χ2n) is 4.94. The summed E-state index contributed by atoms with van der Waals surface area (Å²) in [6.07, 6.45) is 1.61. The first kappa shape index (κ1) is 14.4. The molecule has 0 N–H and O–H groups in total. The fourth-order valence-corrected chi connectivity index (χ4v) is 3.06. The molecule has 0 aliphatic heterocycles. The van der Waals surface area contributed by atoms with Crippen LogP contribution in [0.3, 0.4) is 0 Å². The van der Waals surface area contributed by atoms with Gasteiger partial charge in [-0.3, -0.25) is 0 Å². The molecule has 0 amide bonds. The molecule has 0 saturated heterocycles. The average molecular weight is 325 g/mol. The van der Waals surface area contributed by atoms with E-state index in [9.17, 15) is 0 Å². The summed E-state index contributed by atoms with van der Waals surface area (Å²) in [5.41, 5.74) is 3.37. The van der Waals surface area contributed by atoms with Crippen molar-refractivity contribution in [2.24, 2.45) is 0 Å². The molecule has 0 fully saturated rings. The van der Waals surface area contributed by atoms with Gasteiger partial charge in [-0.2, -0.15) is 0 Å². The van der Waals surface area contributed by atoms with Crippen molar-refractivity contribution >= 4 is 34.4 Å². The number of aryl methyl sites for hydroxylation is 2. The van der Waals surface area contributed by atoms with Crippen molar-refractivity contribution in [1.29, 1.82) is 0 Å². The molecule has 0 aliphatic carbocycles. The van der Waals surface area contributed by atoms with Crippen LogP contribution in [0.4, 0.5) is 0 Å². The summed E-state index contributed by atoms with van der Waals surface area (Å²) in [7, 11) is 0. The Morgan fingerprint density at radius 1 is 1.38 bits per heavy atom. The second-order valence-corrected chi connectivity index (χ2v) is 5.65. The zero-order valence-electron chi connectivity index (χ0n) is 11.9. The first-order chi connectivity index (χ1) is 10.0. The molecule has 1 unspecified atom stereocenters. The van der Waals surface area contributed by atoms with Gasteiger partial charge in [-0.1, -0.05) is 16.8 Å². The number of aromatic nitrogens is 4. The lowest BCUT2D eigenvalue weighted by molar-refractivity contribution is 0.391. The highest BCUT2D eigenvalue weighted by Crippen LogP contribution is 2.30. The number of imidazole rings is 1. The lowest BCUT2D eigenvalue weighted by Crippen LogP contribution is -2.12. The van der Waals surface area contributed by atoms with Gasteiger partial charge in [-0.25, -0.2) is 9.97 Å². The van der Waals surface area contributed by atoms with Gasteiger partial charge in [-0.05, 0) is 26.8 Å². The van der Waals surface area contributed by atoms with Crippen molar-refractivity contribution < 1.29 is 4.52 Å². The van der Waals surface area contributed by atoms with Crippen LogP contribution >= 0.6 is 23.2 Å². The lowest BCUT2D eigenvalue weighted by Gasteiger charge is -2.16. The van der Waals surface area contributed by atoms with E-state index in [1.165, 1.54) is 0 Å². The van der Waals surface area contributed by atoms with E-state index in [0.717, 1.165) is 34.0 Å². The van der Waals surface area contributed by atoms with Crippen molar-refractivity contribution in [3.8, 4) is 0 Å². The van der Waals surface area contributed by atoms with Crippen molar-refractivity contribution in [3.05, 3.63) is 40.1 Å². The molecule has 110 valence electrons. The summed E-state index contributed by atoms with van der Waals surface area (Å²) in [6, 6.07) is 1.76. The van der Waals surface area contributed by atoms with E-state index < -0.39 is 0 Å². The van der Waals surface area contributed by atoms with Gasteiger partial charge in [0.15, 0.2) is 5.65 Å². The Balaban J connectivity index is 2.23. The maximum atomic E-state index is 6.05. The number of hydrogen-bond acceptors (Lipinski definition) is 4. The standard InChI is InChI=1S/C14H14Cl2N4O/c1-7-13(9(3)21-19-7)8(2)20-12(5-15)18-11-4-10(16)6-17-14(11)20/h4,6,8H,5H2,1-3H3. The Kier molecular flexibility index (Phi) is 3.63. The van der Waals surface area contributed by atoms with Gasteiger partial charge in [0.05, 0.1) is 22.6 Å². The molecular weight excluding hydrogens is 311 g/mol. The van der Waals surface area contributed by atoms with Crippen LogP contribution in [0.5, 0.6) is 0 Å².